The molecule has 1 aromatic heterocycles. The third-order valence-corrected chi connectivity index (χ3v) is 2.88. The van der Waals surface area contributed by atoms with Crippen LogP contribution in [0.4, 0.5) is 0 Å². The SMILES string of the molecule is CC1CCC(c2ccnn2C)NC1. The Kier molecular flexibility index (Phi) is 2.36. The maximum atomic E-state index is 4.19. The molecular formula is C10H17N3. The summed E-state index contributed by atoms with van der Waals surface area (Å²) >= 11 is 0. The summed E-state index contributed by atoms with van der Waals surface area (Å²) in [4.78, 5) is 0. The van der Waals surface area contributed by atoms with Crippen LogP contribution in [-0.2, 0) is 7.05 Å². The molecule has 0 bridgehead atoms. The zero-order valence-corrected chi connectivity index (χ0v) is 8.33. The van der Waals surface area contributed by atoms with Crippen LogP contribution >= 0.6 is 0 Å². The monoisotopic (exact) mass is 179 g/mol. The highest BCUT2D eigenvalue weighted by Crippen LogP contribution is 2.24. The number of rotatable bonds is 1. The molecule has 1 saturated heterocycles. The van der Waals surface area contributed by atoms with Crippen molar-refractivity contribution in [1.29, 1.82) is 0 Å². The van der Waals surface area contributed by atoms with Gasteiger partial charge in [-0.3, -0.25) is 4.68 Å². The summed E-state index contributed by atoms with van der Waals surface area (Å²) in [6.07, 6.45) is 4.43. The second kappa shape index (κ2) is 3.50. The molecule has 2 heterocycles. The van der Waals surface area contributed by atoms with E-state index in [4.69, 9.17) is 0 Å². The van der Waals surface area contributed by atoms with Gasteiger partial charge in [-0.1, -0.05) is 6.92 Å². The lowest BCUT2D eigenvalue weighted by molar-refractivity contribution is 0.322. The molecule has 1 aromatic rings. The summed E-state index contributed by atoms with van der Waals surface area (Å²) in [6, 6.07) is 2.62. The molecular weight excluding hydrogens is 162 g/mol. The summed E-state index contributed by atoms with van der Waals surface area (Å²) in [6.45, 7) is 3.43. The van der Waals surface area contributed by atoms with E-state index in [1.807, 2.05) is 17.9 Å². The van der Waals surface area contributed by atoms with Gasteiger partial charge < -0.3 is 5.32 Å². The van der Waals surface area contributed by atoms with Gasteiger partial charge in [0.1, 0.15) is 0 Å². The van der Waals surface area contributed by atoms with E-state index in [2.05, 4.69) is 23.4 Å². The Labute approximate surface area is 79.1 Å². The molecule has 3 nitrogen and oxygen atoms in total. The van der Waals surface area contributed by atoms with E-state index < -0.39 is 0 Å². The fraction of sp³-hybridized carbons (Fsp3) is 0.700. The average Bonchev–Trinajstić information content (AvgIpc) is 2.53. The second-order valence-electron chi connectivity index (χ2n) is 4.02. The first-order chi connectivity index (χ1) is 6.27. The highest BCUT2D eigenvalue weighted by Gasteiger charge is 2.20. The van der Waals surface area contributed by atoms with Crippen LogP contribution in [0.25, 0.3) is 0 Å². The van der Waals surface area contributed by atoms with Crippen LogP contribution in [0, 0.1) is 5.92 Å². The number of aryl methyl sites for hydroxylation is 1. The highest BCUT2D eigenvalue weighted by atomic mass is 15.3. The zero-order valence-electron chi connectivity index (χ0n) is 8.33. The molecule has 0 aromatic carbocycles. The Balaban J connectivity index is 2.06. The Morgan fingerprint density at radius 3 is 2.92 bits per heavy atom. The van der Waals surface area contributed by atoms with Gasteiger partial charge in [0, 0.05) is 19.3 Å². The smallest absolute Gasteiger partial charge is 0.0550 e. The summed E-state index contributed by atoms with van der Waals surface area (Å²) in [5.74, 6) is 0.824. The van der Waals surface area contributed by atoms with Crippen LogP contribution in [-0.4, -0.2) is 16.3 Å². The Bertz CT molecular complexity index is 271. The minimum Gasteiger partial charge on any atom is -0.308 e. The van der Waals surface area contributed by atoms with E-state index >= 15 is 0 Å². The van der Waals surface area contributed by atoms with Gasteiger partial charge in [0.15, 0.2) is 0 Å². The van der Waals surface area contributed by atoms with Crippen molar-refractivity contribution in [2.45, 2.75) is 25.8 Å². The first-order valence-corrected chi connectivity index (χ1v) is 4.98. The van der Waals surface area contributed by atoms with E-state index in [-0.39, 0.29) is 0 Å². The summed E-state index contributed by atoms with van der Waals surface area (Å²) in [7, 11) is 2.01. The molecule has 2 atom stereocenters. The van der Waals surface area contributed by atoms with Crippen molar-refractivity contribution in [2.75, 3.05) is 6.54 Å². The normalized spacial score (nSPS) is 29.1. The van der Waals surface area contributed by atoms with Gasteiger partial charge >= 0.3 is 0 Å². The van der Waals surface area contributed by atoms with Crippen molar-refractivity contribution in [3.63, 3.8) is 0 Å². The largest absolute Gasteiger partial charge is 0.308 e. The molecule has 0 radical (unpaired) electrons. The Morgan fingerprint density at radius 2 is 2.38 bits per heavy atom. The molecule has 3 heteroatoms. The number of hydrogen-bond acceptors (Lipinski definition) is 2. The Morgan fingerprint density at radius 1 is 1.54 bits per heavy atom. The van der Waals surface area contributed by atoms with Crippen molar-refractivity contribution in [3.05, 3.63) is 18.0 Å². The fourth-order valence-electron chi connectivity index (χ4n) is 1.98. The van der Waals surface area contributed by atoms with Gasteiger partial charge in [-0.2, -0.15) is 5.10 Å². The predicted molar refractivity (Wildman–Crippen MR) is 52.3 cm³/mol. The molecule has 1 N–H and O–H groups in total. The molecule has 2 rings (SSSR count). The van der Waals surface area contributed by atoms with Gasteiger partial charge in [-0.05, 0) is 31.4 Å². The quantitative estimate of drug-likeness (QED) is 0.707. The number of nitrogens with one attached hydrogen (secondary N) is 1. The van der Waals surface area contributed by atoms with Crippen molar-refractivity contribution in [1.82, 2.24) is 15.1 Å². The van der Waals surface area contributed by atoms with Crippen molar-refractivity contribution < 1.29 is 0 Å². The van der Waals surface area contributed by atoms with Crippen molar-refractivity contribution in [2.24, 2.45) is 13.0 Å². The van der Waals surface area contributed by atoms with E-state index in [0.29, 0.717) is 6.04 Å². The van der Waals surface area contributed by atoms with E-state index in [1.54, 1.807) is 0 Å². The zero-order chi connectivity index (χ0) is 9.26. The van der Waals surface area contributed by atoms with Crippen LogP contribution in [0.5, 0.6) is 0 Å². The molecule has 0 amide bonds. The van der Waals surface area contributed by atoms with Gasteiger partial charge in [-0.25, -0.2) is 0 Å². The van der Waals surface area contributed by atoms with Crippen molar-refractivity contribution >= 4 is 0 Å². The molecule has 0 spiro atoms. The molecule has 0 saturated carbocycles. The van der Waals surface area contributed by atoms with Crippen LogP contribution in [0.15, 0.2) is 12.3 Å². The molecule has 2 unspecified atom stereocenters. The van der Waals surface area contributed by atoms with E-state index in [9.17, 15) is 0 Å². The number of nitrogens with zero attached hydrogens (tertiary/aromatic N) is 2. The maximum Gasteiger partial charge on any atom is 0.0550 e. The molecule has 1 aliphatic heterocycles. The molecule has 1 fully saturated rings. The third-order valence-electron chi connectivity index (χ3n) is 2.88. The van der Waals surface area contributed by atoms with Gasteiger partial charge in [0.2, 0.25) is 0 Å². The number of aromatic nitrogens is 2. The molecule has 72 valence electrons. The first-order valence-electron chi connectivity index (χ1n) is 4.98. The lowest BCUT2D eigenvalue weighted by atomic mass is 9.95. The topological polar surface area (TPSA) is 29.9 Å². The average molecular weight is 179 g/mol. The van der Waals surface area contributed by atoms with Crippen LogP contribution in [0.2, 0.25) is 0 Å². The third kappa shape index (κ3) is 1.75. The number of piperidine rings is 1. The Hall–Kier alpha value is -0.830. The summed E-state index contributed by atoms with van der Waals surface area (Å²) in [5.41, 5.74) is 1.31. The summed E-state index contributed by atoms with van der Waals surface area (Å²) in [5, 5.41) is 7.74. The standard InChI is InChI=1S/C10H17N3/c1-8-3-4-9(11-7-8)10-5-6-12-13(10)2/h5-6,8-9,11H,3-4,7H2,1-2H3. The van der Waals surface area contributed by atoms with Gasteiger partial charge in [0.25, 0.3) is 0 Å². The van der Waals surface area contributed by atoms with Crippen molar-refractivity contribution in [3.8, 4) is 0 Å². The van der Waals surface area contributed by atoms with Crippen LogP contribution in [0.3, 0.4) is 0 Å². The van der Waals surface area contributed by atoms with Gasteiger partial charge in [-0.15, -0.1) is 0 Å². The second-order valence-corrected chi connectivity index (χ2v) is 4.02. The van der Waals surface area contributed by atoms with Crippen LogP contribution in [0.1, 0.15) is 31.5 Å². The number of hydrogen-bond donors (Lipinski definition) is 1. The minimum absolute atomic E-state index is 0.517. The van der Waals surface area contributed by atoms with Crippen LogP contribution < -0.4 is 5.32 Å². The summed E-state index contributed by atoms with van der Waals surface area (Å²) < 4.78 is 1.97. The minimum atomic E-state index is 0.517. The fourth-order valence-corrected chi connectivity index (χ4v) is 1.98. The molecule has 0 aliphatic carbocycles. The predicted octanol–water partition coefficient (Wildman–Crippen LogP) is 1.48. The van der Waals surface area contributed by atoms with E-state index in [0.717, 1.165) is 12.5 Å². The molecule has 1 aliphatic rings. The first kappa shape index (κ1) is 8.75. The lowest BCUT2D eigenvalue weighted by Crippen LogP contribution is -2.32. The molecule has 13 heavy (non-hydrogen) atoms. The maximum absolute atomic E-state index is 4.19. The van der Waals surface area contributed by atoms with E-state index in [1.165, 1.54) is 18.5 Å². The van der Waals surface area contributed by atoms with Gasteiger partial charge in [0.05, 0.1) is 5.69 Å². The lowest BCUT2D eigenvalue weighted by Gasteiger charge is -2.27. The highest BCUT2D eigenvalue weighted by molar-refractivity contribution is 5.07.